The van der Waals surface area contributed by atoms with Gasteiger partial charge in [0.15, 0.2) is 0 Å². The summed E-state index contributed by atoms with van der Waals surface area (Å²) in [6.45, 7) is 3.36. The Bertz CT molecular complexity index is 239. The van der Waals surface area contributed by atoms with Gasteiger partial charge in [0, 0.05) is 6.26 Å². The molecule has 1 atom stereocenters. The molecule has 0 fully saturated rings. The summed E-state index contributed by atoms with van der Waals surface area (Å²) in [7, 11) is -2.93. The average Bonchev–Trinajstić information content (AvgIpc) is 1.53. The monoisotopic (exact) mass is 178 g/mol. The van der Waals surface area contributed by atoms with E-state index in [1.807, 2.05) is 0 Å². The quantitative estimate of drug-likeness (QED) is 0.480. The Morgan fingerprint density at radius 3 is 2.36 bits per heavy atom. The molecular weight excluding hydrogens is 164 g/mol. The average molecular weight is 178 g/mol. The summed E-state index contributed by atoms with van der Waals surface area (Å²) in [4.78, 5) is 3.88. The highest BCUT2D eigenvalue weighted by Gasteiger charge is 2.08. The van der Waals surface area contributed by atoms with Gasteiger partial charge in [-0.15, -0.1) is 0 Å². The third-order valence-electron chi connectivity index (χ3n) is 0.968. The lowest BCUT2D eigenvalue weighted by Crippen LogP contribution is -2.18. The molecule has 5 heteroatoms. The molecule has 0 aliphatic heterocycles. The van der Waals surface area contributed by atoms with Crippen molar-refractivity contribution in [2.45, 2.75) is 19.9 Å². The predicted octanol–water partition coefficient (Wildman–Crippen LogP) is -0.203. The van der Waals surface area contributed by atoms with Crippen molar-refractivity contribution in [3.63, 3.8) is 0 Å². The van der Waals surface area contributed by atoms with Crippen LogP contribution < -0.4 is 5.73 Å². The van der Waals surface area contributed by atoms with E-state index in [0.717, 1.165) is 0 Å². The largest absolute Gasteiger partial charge is 0.388 e. The molecule has 66 valence electrons. The fourth-order valence-corrected chi connectivity index (χ4v) is 1.77. The van der Waals surface area contributed by atoms with Crippen LogP contribution in [0.4, 0.5) is 0 Å². The van der Waals surface area contributed by atoms with E-state index in [-0.39, 0.29) is 11.8 Å². The lowest BCUT2D eigenvalue weighted by atomic mass is 10.4. The van der Waals surface area contributed by atoms with Crippen molar-refractivity contribution in [1.82, 2.24) is 0 Å². The van der Waals surface area contributed by atoms with Gasteiger partial charge in [-0.05, 0) is 13.8 Å². The van der Waals surface area contributed by atoms with E-state index in [1.54, 1.807) is 13.8 Å². The van der Waals surface area contributed by atoms with Gasteiger partial charge in [0.05, 0.1) is 17.6 Å². The lowest BCUT2D eigenvalue weighted by molar-refractivity contribution is 0.596. The maximum Gasteiger partial charge on any atom is 0.149 e. The van der Waals surface area contributed by atoms with Crippen molar-refractivity contribution in [1.29, 1.82) is 0 Å². The number of sulfone groups is 1. The van der Waals surface area contributed by atoms with E-state index in [0.29, 0.717) is 5.84 Å². The highest BCUT2D eigenvalue weighted by Crippen LogP contribution is 1.94. The second-order valence-electron chi connectivity index (χ2n) is 2.71. The fraction of sp³-hybridized carbons (Fsp3) is 0.833. The zero-order chi connectivity index (χ0) is 9.07. The van der Waals surface area contributed by atoms with E-state index >= 15 is 0 Å². The number of nitrogens with zero attached hydrogens (tertiary/aromatic N) is 1. The molecule has 0 heterocycles. The summed E-state index contributed by atoms with van der Waals surface area (Å²) >= 11 is 0. The fourth-order valence-electron chi connectivity index (χ4n) is 0.823. The van der Waals surface area contributed by atoms with E-state index in [9.17, 15) is 8.42 Å². The summed E-state index contributed by atoms with van der Waals surface area (Å²) in [5.74, 6) is 0.475. The molecule has 2 N–H and O–H groups in total. The van der Waals surface area contributed by atoms with Crippen LogP contribution in [-0.4, -0.2) is 32.3 Å². The van der Waals surface area contributed by atoms with Gasteiger partial charge in [0.2, 0.25) is 0 Å². The molecule has 4 nitrogen and oxygen atoms in total. The van der Waals surface area contributed by atoms with Crippen molar-refractivity contribution >= 4 is 15.7 Å². The maximum atomic E-state index is 10.7. The van der Waals surface area contributed by atoms with Crippen molar-refractivity contribution in [3.05, 3.63) is 0 Å². The number of aliphatic imine (C=N–C) groups is 1. The van der Waals surface area contributed by atoms with Crippen LogP contribution in [0.5, 0.6) is 0 Å². The van der Waals surface area contributed by atoms with Crippen LogP contribution in [0.1, 0.15) is 13.8 Å². The van der Waals surface area contributed by atoms with Crippen LogP contribution in [0.25, 0.3) is 0 Å². The minimum absolute atomic E-state index is 0.0571. The smallest absolute Gasteiger partial charge is 0.149 e. The molecule has 0 aliphatic rings. The van der Waals surface area contributed by atoms with Crippen LogP contribution in [0.3, 0.4) is 0 Å². The molecule has 1 unspecified atom stereocenters. The Kier molecular flexibility index (Phi) is 3.51. The molecule has 0 aromatic carbocycles. The van der Waals surface area contributed by atoms with Gasteiger partial charge < -0.3 is 5.73 Å². The van der Waals surface area contributed by atoms with E-state index in [1.165, 1.54) is 6.26 Å². The van der Waals surface area contributed by atoms with Gasteiger partial charge in [-0.1, -0.05) is 0 Å². The first-order chi connectivity index (χ1) is 4.81. The molecule has 0 spiro atoms. The zero-order valence-corrected chi connectivity index (χ0v) is 7.85. The predicted molar refractivity (Wildman–Crippen MR) is 46.5 cm³/mol. The molecule has 0 bridgehead atoms. The van der Waals surface area contributed by atoms with Crippen molar-refractivity contribution in [2.75, 3.05) is 12.0 Å². The first kappa shape index (κ1) is 10.4. The second kappa shape index (κ2) is 3.71. The zero-order valence-electron chi connectivity index (χ0n) is 7.03. The van der Waals surface area contributed by atoms with E-state index in [4.69, 9.17) is 5.73 Å². The van der Waals surface area contributed by atoms with Crippen molar-refractivity contribution in [2.24, 2.45) is 10.7 Å². The number of rotatable bonds is 3. The molecular formula is C6H14N2O2S. The minimum Gasteiger partial charge on any atom is -0.388 e. The number of hydrogen-bond acceptors (Lipinski definition) is 3. The molecule has 0 rings (SSSR count). The summed E-state index contributed by atoms with van der Waals surface area (Å²) in [6, 6.07) is -0.241. The Morgan fingerprint density at radius 1 is 1.64 bits per heavy atom. The third-order valence-corrected chi connectivity index (χ3v) is 2.06. The van der Waals surface area contributed by atoms with E-state index < -0.39 is 9.84 Å². The minimum atomic E-state index is -2.93. The topological polar surface area (TPSA) is 72.5 Å². The third kappa shape index (κ3) is 7.32. The highest BCUT2D eigenvalue weighted by atomic mass is 32.2. The number of amidine groups is 1. The number of nitrogens with two attached hydrogens (primary N) is 1. The molecule has 0 radical (unpaired) electrons. The number of hydrogen-bond donors (Lipinski definition) is 1. The molecule has 0 amide bonds. The van der Waals surface area contributed by atoms with Crippen LogP contribution >= 0.6 is 0 Å². The van der Waals surface area contributed by atoms with Crippen LogP contribution in [0, 0.1) is 0 Å². The summed E-state index contributed by atoms with van der Waals surface area (Å²) < 4.78 is 21.4. The lowest BCUT2D eigenvalue weighted by Gasteiger charge is -2.03. The molecule has 0 aromatic heterocycles. The van der Waals surface area contributed by atoms with Gasteiger partial charge in [-0.3, -0.25) is 4.99 Å². The van der Waals surface area contributed by atoms with Gasteiger partial charge in [0.25, 0.3) is 0 Å². The highest BCUT2D eigenvalue weighted by molar-refractivity contribution is 7.90. The normalized spacial score (nSPS) is 16.5. The summed E-state index contributed by atoms with van der Waals surface area (Å²) in [5.41, 5.74) is 5.27. The van der Waals surface area contributed by atoms with Crippen LogP contribution in [0.2, 0.25) is 0 Å². The maximum absolute atomic E-state index is 10.7. The first-order valence-corrected chi connectivity index (χ1v) is 5.35. The second-order valence-corrected chi connectivity index (χ2v) is 4.90. The van der Waals surface area contributed by atoms with E-state index in [2.05, 4.69) is 4.99 Å². The standard InChI is InChI=1S/C6H14N2O2S/c1-5(8-6(2)7)4-11(3,9)10/h5H,4H2,1-3H3,(H2,7,8). The Balaban J connectivity index is 4.11. The summed E-state index contributed by atoms with van der Waals surface area (Å²) in [6.07, 6.45) is 1.19. The van der Waals surface area contributed by atoms with Gasteiger partial charge in [-0.25, -0.2) is 8.42 Å². The molecule has 0 aromatic rings. The Hall–Kier alpha value is -0.580. The van der Waals surface area contributed by atoms with Gasteiger partial charge in [0.1, 0.15) is 9.84 Å². The summed E-state index contributed by atoms with van der Waals surface area (Å²) in [5, 5.41) is 0. The van der Waals surface area contributed by atoms with Gasteiger partial charge >= 0.3 is 0 Å². The van der Waals surface area contributed by atoms with Crippen LogP contribution in [-0.2, 0) is 9.84 Å². The Labute approximate surface area is 67.4 Å². The molecule has 0 saturated heterocycles. The first-order valence-electron chi connectivity index (χ1n) is 3.29. The van der Waals surface area contributed by atoms with Crippen molar-refractivity contribution < 1.29 is 8.42 Å². The van der Waals surface area contributed by atoms with Crippen molar-refractivity contribution in [3.8, 4) is 0 Å². The van der Waals surface area contributed by atoms with Crippen LogP contribution in [0.15, 0.2) is 4.99 Å². The van der Waals surface area contributed by atoms with Gasteiger partial charge in [-0.2, -0.15) is 0 Å². The molecule has 0 saturated carbocycles. The Morgan fingerprint density at radius 2 is 2.09 bits per heavy atom. The molecule has 0 aliphatic carbocycles. The molecule has 11 heavy (non-hydrogen) atoms. The SMILES string of the molecule is CC(N)=NC(C)CS(C)(=O)=O.